The molecule has 0 spiro atoms. The van der Waals surface area contributed by atoms with Crippen LogP contribution in [0.5, 0.6) is 17.2 Å². The first-order valence-corrected chi connectivity index (χ1v) is 14.6. The lowest BCUT2D eigenvalue weighted by Gasteiger charge is -2.18. The molecule has 0 aliphatic carbocycles. The van der Waals surface area contributed by atoms with E-state index in [1.54, 1.807) is 42.5 Å². The van der Waals surface area contributed by atoms with Crippen molar-refractivity contribution in [2.45, 2.75) is 40.2 Å². The van der Waals surface area contributed by atoms with Crippen LogP contribution in [0.25, 0.3) is 22.3 Å². The van der Waals surface area contributed by atoms with E-state index in [1.165, 1.54) is 30.1 Å². The third kappa shape index (κ3) is 6.54. The Morgan fingerprint density at radius 1 is 1.00 bits per heavy atom. The lowest BCUT2D eigenvalue weighted by molar-refractivity contribution is -0.384. The van der Waals surface area contributed by atoms with Crippen LogP contribution < -0.4 is 19.8 Å². The van der Waals surface area contributed by atoms with Crippen molar-refractivity contribution in [1.82, 2.24) is 9.66 Å². The van der Waals surface area contributed by atoms with Crippen LogP contribution in [0.1, 0.15) is 48.9 Å². The van der Waals surface area contributed by atoms with Crippen molar-refractivity contribution in [3.8, 4) is 28.6 Å². The van der Waals surface area contributed by atoms with Gasteiger partial charge in [0.05, 0.1) is 35.8 Å². The summed E-state index contributed by atoms with van der Waals surface area (Å²) in [5.74, 6) is 2.17. The van der Waals surface area contributed by atoms with Gasteiger partial charge in [0.2, 0.25) is 0 Å². The van der Waals surface area contributed by atoms with Crippen molar-refractivity contribution in [2.75, 3.05) is 13.7 Å². The minimum Gasteiger partial charge on any atom is -0.494 e. The summed E-state index contributed by atoms with van der Waals surface area (Å²) in [6.07, 6.45) is 1.53. The molecule has 0 amide bonds. The summed E-state index contributed by atoms with van der Waals surface area (Å²) in [6, 6.07) is 22.7. The molecule has 230 valence electrons. The first-order chi connectivity index (χ1) is 21.7. The van der Waals surface area contributed by atoms with Crippen molar-refractivity contribution in [2.24, 2.45) is 5.10 Å². The van der Waals surface area contributed by atoms with E-state index < -0.39 is 4.92 Å². The number of para-hydroxylation sites is 2. The number of benzene rings is 4. The van der Waals surface area contributed by atoms with E-state index in [0.29, 0.717) is 46.0 Å². The molecule has 0 radical (unpaired) electrons. The molecule has 1 heterocycles. The van der Waals surface area contributed by atoms with Gasteiger partial charge in [-0.15, -0.1) is 0 Å². The van der Waals surface area contributed by atoms with E-state index in [2.05, 4.69) is 18.9 Å². The largest absolute Gasteiger partial charge is 0.494 e. The molecule has 0 bridgehead atoms. The molecule has 0 atom stereocenters. The SMILES string of the molecule is CCOc1cc(C)c(-c2nc3ccccc3c(=O)n2N=Cc2cccc(OC)c2OCc2cccc([N+](=O)[O-])c2)cc1C(C)C. The van der Waals surface area contributed by atoms with Gasteiger partial charge >= 0.3 is 0 Å². The molecule has 0 N–H and O–H groups in total. The fourth-order valence-electron chi connectivity index (χ4n) is 5.06. The van der Waals surface area contributed by atoms with Crippen LogP contribution in [-0.2, 0) is 6.61 Å². The van der Waals surface area contributed by atoms with Gasteiger partial charge in [-0.1, -0.05) is 44.2 Å². The van der Waals surface area contributed by atoms with Crippen LogP contribution in [-0.4, -0.2) is 34.5 Å². The van der Waals surface area contributed by atoms with Crippen LogP contribution in [0.2, 0.25) is 0 Å². The number of methoxy groups -OCH3 is 1. The number of ether oxygens (including phenoxy) is 3. The molecular formula is C35H34N4O6. The quantitative estimate of drug-likeness (QED) is 0.0881. The van der Waals surface area contributed by atoms with Crippen LogP contribution in [0.15, 0.2) is 88.8 Å². The second-order valence-electron chi connectivity index (χ2n) is 10.7. The predicted octanol–water partition coefficient (Wildman–Crippen LogP) is 7.27. The van der Waals surface area contributed by atoms with E-state index >= 15 is 0 Å². The predicted molar refractivity (Wildman–Crippen MR) is 175 cm³/mol. The molecule has 10 nitrogen and oxygen atoms in total. The van der Waals surface area contributed by atoms with Crippen molar-refractivity contribution in [1.29, 1.82) is 0 Å². The summed E-state index contributed by atoms with van der Waals surface area (Å²) >= 11 is 0. The number of nitrogens with zero attached hydrogens (tertiary/aromatic N) is 4. The van der Waals surface area contributed by atoms with Gasteiger partial charge in [-0.25, -0.2) is 4.98 Å². The highest BCUT2D eigenvalue weighted by Crippen LogP contribution is 2.35. The van der Waals surface area contributed by atoms with Crippen LogP contribution in [0.4, 0.5) is 5.69 Å². The van der Waals surface area contributed by atoms with Gasteiger partial charge < -0.3 is 14.2 Å². The average Bonchev–Trinajstić information content (AvgIpc) is 3.03. The van der Waals surface area contributed by atoms with E-state index in [1.807, 2.05) is 38.1 Å². The summed E-state index contributed by atoms with van der Waals surface area (Å²) in [5, 5.41) is 16.3. The van der Waals surface area contributed by atoms with Crippen molar-refractivity contribution >= 4 is 22.8 Å². The van der Waals surface area contributed by atoms with Gasteiger partial charge in [-0.2, -0.15) is 9.78 Å². The molecule has 0 unspecified atom stereocenters. The summed E-state index contributed by atoms with van der Waals surface area (Å²) < 4.78 is 18.9. The lowest BCUT2D eigenvalue weighted by Crippen LogP contribution is -2.21. The fraction of sp³-hybridized carbons (Fsp3) is 0.229. The van der Waals surface area contributed by atoms with Crippen molar-refractivity contribution < 1.29 is 19.1 Å². The standard InChI is InChI=1S/C35H34N4O6/c1-6-44-32-17-23(4)29(19-28(32)22(2)3)34-37-30-15-8-7-14-27(30)35(40)38(34)36-20-25-12-10-16-31(43-5)33(25)45-21-24-11-9-13-26(18-24)39(41)42/h7-20,22H,6,21H2,1-5H3. The molecule has 0 aliphatic heterocycles. The monoisotopic (exact) mass is 606 g/mol. The summed E-state index contributed by atoms with van der Waals surface area (Å²) in [6.45, 7) is 8.68. The number of nitro benzene ring substituents is 1. The third-order valence-electron chi connectivity index (χ3n) is 7.32. The highest BCUT2D eigenvalue weighted by Gasteiger charge is 2.19. The van der Waals surface area contributed by atoms with Crippen molar-refractivity contribution in [3.63, 3.8) is 0 Å². The van der Waals surface area contributed by atoms with E-state index in [4.69, 9.17) is 19.2 Å². The molecule has 0 fully saturated rings. The molecule has 10 heteroatoms. The number of aryl methyl sites for hydroxylation is 1. The second-order valence-corrected chi connectivity index (χ2v) is 10.7. The number of fused-ring (bicyclic) bond motifs is 1. The molecular weight excluding hydrogens is 572 g/mol. The zero-order valence-electron chi connectivity index (χ0n) is 25.8. The van der Waals surface area contributed by atoms with Crippen molar-refractivity contribution in [3.05, 3.63) is 122 Å². The molecule has 4 aromatic carbocycles. The Labute approximate surface area is 260 Å². The molecule has 0 saturated carbocycles. The second kappa shape index (κ2) is 13.4. The number of nitro groups is 1. The number of rotatable bonds is 11. The van der Waals surface area contributed by atoms with Gasteiger partial charge in [0.1, 0.15) is 12.4 Å². The molecule has 0 aliphatic rings. The van der Waals surface area contributed by atoms with E-state index in [-0.39, 0.29) is 23.8 Å². The Balaban J connectivity index is 1.63. The third-order valence-corrected chi connectivity index (χ3v) is 7.32. The number of non-ortho nitro benzene ring substituents is 1. The normalized spacial score (nSPS) is 11.3. The Bertz CT molecular complexity index is 1960. The topological polar surface area (TPSA) is 118 Å². The maximum absolute atomic E-state index is 13.9. The first kappa shape index (κ1) is 30.9. The van der Waals surface area contributed by atoms with Gasteiger partial charge in [0.25, 0.3) is 11.2 Å². The molecule has 45 heavy (non-hydrogen) atoms. The Morgan fingerprint density at radius 3 is 2.51 bits per heavy atom. The van der Waals surface area contributed by atoms with E-state index in [9.17, 15) is 14.9 Å². The molecule has 5 rings (SSSR count). The van der Waals surface area contributed by atoms with Crippen LogP contribution >= 0.6 is 0 Å². The summed E-state index contributed by atoms with van der Waals surface area (Å²) in [7, 11) is 1.52. The Kier molecular flexibility index (Phi) is 9.22. The maximum Gasteiger partial charge on any atom is 0.282 e. The molecule has 5 aromatic rings. The smallest absolute Gasteiger partial charge is 0.282 e. The lowest BCUT2D eigenvalue weighted by atomic mass is 9.96. The summed E-state index contributed by atoms with van der Waals surface area (Å²) in [4.78, 5) is 29.6. The minimum atomic E-state index is -0.451. The first-order valence-electron chi connectivity index (χ1n) is 14.6. The molecule has 1 aromatic heterocycles. The van der Waals surface area contributed by atoms with Gasteiger partial charge in [0, 0.05) is 23.3 Å². The zero-order valence-corrected chi connectivity index (χ0v) is 25.8. The highest BCUT2D eigenvalue weighted by atomic mass is 16.6. The van der Waals surface area contributed by atoms with Gasteiger partial charge in [0.15, 0.2) is 17.3 Å². The average molecular weight is 607 g/mol. The van der Waals surface area contributed by atoms with Gasteiger partial charge in [-0.05, 0) is 72.9 Å². The van der Waals surface area contributed by atoms with Gasteiger partial charge in [-0.3, -0.25) is 14.9 Å². The Hall–Kier alpha value is -5.51. The Morgan fingerprint density at radius 2 is 1.78 bits per heavy atom. The molecule has 0 saturated heterocycles. The number of hydrogen-bond donors (Lipinski definition) is 0. The fourth-order valence-corrected chi connectivity index (χ4v) is 5.06. The number of hydrogen-bond acceptors (Lipinski definition) is 8. The maximum atomic E-state index is 13.9. The minimum absolute atomic E-state index is 0.0289. The highest BCUT2D eigenvalue weighted by molar-refractivity contribution is 5.86. The summed E-state index contributed by atoms with van der Waals surface area (Å²) in [5.41, 5.74) is 4.00. The van der Waals surface area contributed by atoms with E-state index in [0.717, 1.165) is 22.4 Å². The van der Waals surface area contributed by atoms with Crippen LogP contribution in [0.3, 0.4) is 0 Å². The number of aromatic nitrogens is 2. The zero-order chi connectivity index (χ0) is 32.1. The van der Waals surface area contributed by atoms with Crippen LogP contribution in [0, 0.1) is 17.0 Å².